The number of benzene rings is 1. The highest BCUT2D eigenvalue weighted by atomic mass is 19.1. The lowest BCUT2D eigenvalue weighted by atomic mass is 10.1. The Kier molecular flexibility index (Phi) is 3.61. The summed E-state index contributed by atoms with van der Waals surface area (Å²) in [4.78, 5) is 0. The zero-order valence-corrected chi connectivity index (χ0v) is 9.47. The van der Waals surface area contributed by atoms with E-state index in [-0.39, 0.29) is 12.2 Å². The standard InChI is InChI=1S/C12H15FO4/c1-7(14)9-3-2-8(4-10(9)13)17-12-6-16-5-11(12)15/h2-4,7,11-12,14-15H,5-6H2,1H3/t7-,11?,12?/m1/s1. The molecule has 3 atom stereocenters. The molecular formula is C12H15FO4. The third kappa shape index (κ3) is 2.74. The van der Waals surface area contributed by atoms with Gasteiger partial charge in [0.05, 0.1) is 19.3 Å². The van der Waals surface area contributed by atoms with Gasteiger partial charge >= 0.3 is 0 Å². The first-order chi connectivity index (χ1) is 8.08. The fourth-order valence-corrected chi connectivity index (χ4v) is 1.73. The average molecular weight is 242 g/mol. The molecule has 1 saturated heterocycles. The molecule has 0 aliphatic carbocycles. The largest absolute Gasteiger partial charge is 0.485 e. The van der Waals surface area contributed by atoms with Crippen molar-refractivity contribution in [3.63, 3.8) is 0 Å². The van der Waals surface area contributed by atoms with E-state index in [0.717, 1.165) is 0 Å². The van der Waals surface area contributed by atoms with E-state index < -0.39 is 24.1 Å². The number of hydrogen-bond acceptors (Lipinski definition) is 4. The normalized spacial score (nSPS) is 25.9. The van der Waals surface area contributed by atoms with Crippen molar-refractivity contribution in [2.24, 2.45) is 0 Å². The maximum absolute atomic E-state index is 13.5. The zero-order chi connectivity index (χ0) is 12.4. The van der Waals surface area contributed by atoms with Gasteiger partial charge in [-0.3, -0.25) is 0 Å². The zero-order valence-electron chi connectivity index (χ0n) is 9.47. The van der Waals surface area contributed by atoms with Crippen LogP contribution in [0.3, 0.4) is 0 Å². The predicted octanol–water partition coefficient (Wildman–Crippen LogP) is 1.02. The van der Waals surface area contributed by atoms with Gasteiger partial charge in [-0.2, -0.15) is 0 Å². The molecule has 2 N–H and O–H groups in total. The highest BCUT2D eigenvalue weighted by Crippen LogP contribution is 2.23. The third-order valence-electron chi connectivity index (χ3n) is 2.71. The summed E-state index contributed by atoms with van der Waals surface area (Å²) in [6.45, 7) is 2.02. The van der Waals surface area contributed by atoms with Gasteiger partial charge in [0, 0.05) is 11.6 Å². The molecule has 0 saturated carbocycles. The molecule has 5 heteroatoms. The highest BCUT2D eigenvalue weighted by molar-refractivity contribution is 5.30. The van der Waals surface area contributed by atoms with Crippen LogP contribution in [0.5, 0.6) is 5.75 Å². The highest BCUT2D eigenvalue weighted by Gasteiger charge is 2.28. The molecule has 0 spiro atoms. The van der Waals surface area contributed by atoms with Gasteiger partial charge < -0.3 is 19.7 Å². The van der Waals surface area contributed by atoms with E-state index in [1.807, 2.05) is 0 Å². The van der Waals surface area contributed by atoms with Crippen LogP contribution in [0, 0.1) is 5.82 Å². The van der Waals surface area contributed by atoms with Crippen molar-refractivity contribution in [3.05, 3.63) is 29.6 Å². The van der Waals surface area contributed by atoms with Gasteiger partial charge in [0.2, 0.25) is 0 Å². The molecule has 1 aliphatic rings. The molecule has 0 radical (unpaired) electrons. The number of rotatable bonds is 3. The summed E-state index contributed by atoms with van der Waals surface area (Å²) in [6.07, 6.45) is -2.01. The minimum absolute atomic E-state index is 0.223. The first-order valence-corrected chi connectivity index (χ1v) is 5.48. The second-order valence-corrected chi connectivity index (χ2v) is 4.12. The minimum atomic E-state index is -0.857. The van der Waals surface area contributed by atoms with Crippen molar-refractivity contribution < 1.29 is 24.1 Å². The summed E-state index contributed by atoms with van der Waals surface area (Å²) in [5.74, 6) is -0.202. The Hall–Kier alpha value is -1.17. The fourth-order valence-electron chi connectivity index (χ4n) is 1.73. The van der Waals surface area contributed by atoms with Gasteiger partial charge in [0.25, 0.3) is 0 Å². The fraction of sp³-hybridized carbons (Fsp3) is 0.500. The summed E-state index contributed by atoms with van der Waals surface area (Å²) in [5.41, 5.74) is 0.223. The molecule has 0 amide bonds. The Morgan fingerprint density at radius 1 is 1.47 bits per heavy atom. The molecule has 1 aliphatic heterocycles. The van der Waals surface area contributed by atoms with Crippen LogP contribution in [-0.2, 0) is 4.74 Å². The first-order valence-electron chi connectivity index (χ1n) is 5.48. The van der Waals surface area contributed by atoms with Crippen LogP contribution < -0.4 is 4.74 Å². The van der Waals surface area contributed by atoms with Crippen LogP contribution in [-0.4, -0.2) is 35.6 Å². The second-order valence-electron chi connectivity index (χ2n) is 4.12. The molecule has 17 heavy (non-hydrogen) atoms. The molecule has 1 aromatic carbocycles. The Morgan fingerprint density at radius 2 is 2.24 bits per heavy atom. The molecule has 2 rings (SSSR count). The second kappa shape index (κ2) is 5.00. The van der Waals surface area contributed by atoms with Crippen LogP contribution in [0.4, 0.5) is 4.39 Å². The van der Waals surface area contributed by atoms with E-state index in [0.29, 0.717) is 12.4 Å². The van der Waals surface area contributed by atoms with E-state index in [1.54, 1.807) is 6.07 Å². The Bertz CT molecular complexity index is 394. The lowest BCUT2D eigenvalue weighted by molar-refractivity contribution is 0.0730. The van der Waals surface area contributed by atoms with E-state index in [1.165, 1.54) is 19.1 Å². The van der Waals surface area contributed by atoms with Crippen molar-refractivity contribution in [1.29, 1.82) is 0 Å². The molecule has 4 nitrogen and oxygen atoms in total. The SMILES string of the molecule is C[C@@H](O)c1ccc(OC2COCC2O)cc1F. The van der Waals surface area contributed by atoms with E-state index in [4.69, 9.17) is 9.47 Å². The van der Waals surface area contributed by atoms with Crippen molar-refractivity contribution in [3.8, 4) is 5.75 Å². The van der Waals surface area contributed by atoms with Crippen molar-refractivity contribution in [2.45, 2.75) is 25.2 Å². The number of ether oxygens (including phenoxy) is 2. The quantitative estimate of drug-likeness (QED) is 0.830. The number of aliphatic hydroxyl groups is 2. The molecule has 1 heterocycles. The predicted molar refractivity (Wildman–Crippen MR) is 58.3 cm³/mol. The summed E-state index contributed by atoms with van der Waals surface area (Å²) in [5, 5.41) is 18.8. The Balaban J connectivity index is 2.09. The van der Waals surface area contributed by atoms with Gasteiger partial charge in [0.1, 0.15) is 23.8 Å². The van der Waals surface area contributed by atoms with E-state index in [2.05, 4.69) is 0 Å². The van der Waals surface area contributed by atoms with Crippen molar-refractivity contribution in [2.75, 3.05) is 13.2 Å². The van der Waals surface area contributed by atoms with Crippen LogP contribution in [0.1, 0.15) is 18.6 Å². The number of halogens is 1. The van der Waals surface area contributed by atoms with Gasteiger partial charge in [-0.15, -0.1) is 0 Å². The monoisotopic (exact) mass is 242 g/mol. The molecule has 1 aromatic rings. The van der Waals surface area contributed by atoms with Crippen LogP contribution >= 0.6 is 0 Å². The number of aliphatic hydroxyl groups excluding tert-OH is 2. The van der Waals surface area contributed by atoms with Crippen molar-refractivity contribution >= 4 is 0 Å². The van der Waals surface area contributed by atoms with Crippen molar-refractivity contribution in [1.82, 2.24) is 0 Å². The topological polar surface area (TPSA) is 58.9 Å². The summed E-state index contributed by atoms with van der Waals surface area (Å²) in [7, 11) is 0. The molecule has 2 unspecified atom stereocenters. The first kappa shape index (κ1) is 12.3. The van der Waals surface area contributed by atoms with Crippen LogP contribution in [0.2, 0.25) is 0 Å². The molecule has 0 aromatic heterocycles. The molecule has 94 valence electrons. The van der Waals surface area contributed by atoms with Crippen LogP contribution in [0.25, 0.3) is 0 Å². The molecular weight excluding hydrogens is 227 g/mol. The molecule has 0 bridgehead atoms. The van der Waals surface area contributed by atoms with Gasteiger partial charge in [-0.25, -0.2) is 4.39 Å². The maximum Gasteiger partial charge on any atom is 0.150 e. The summed E-state index contributed by atoms with van der Waals surface area (Å²) < 4.78 is 24.0. The van der Waals surface area contributed by atoms with Gasteiger partial charge in [0.15, 0.2) is 0 Å². The maximum atomic E-state index is 13.5. The average Bonchev–Trinajstić information content (AvgIpc) is 2.64. The van der Waals surface area contributed by atoms with Crippen LogP contribution in [0.15, 0.2) is 18.2 Å². The summed E-state index contributed by atoms with van der Waals surface area (Å²) in [6, 6.07) is 4.24. The van der Waals surface area contributed by atoms with Gasteiger partial charge in [-0.1, -0.05) is 0 Å². The Labute approximate surface area is 98.6 Å². The summed E-state index contributed by atoms with van der Waals surface area (Å²) >= 11 is 0. The lowest BCUT2D eigenvalue weighted by Crippen LogP contribution is -2.29. The third-order valence-corrected chi connectivity index (χ3v) is 2.71. The van der Waals surface area contributed by atoms with Gasteiger partial charge in [-0.05, 0) is 19.1 Å². The minimum Gasteiger partial charge on any atom is -0.485 e. The Morgan fingerprint density at radius 3 is 2.76 bits per heavy atom. The lowest BCUT2D eigenvalue weighted by Gasteiger charge is -2.16. The smallest absolute Gasteiger partial charge is 0.150 e. The van der Waals surface area contributed by atoms with E-state index in [9.17, 15) is 14.6 Å². The van der Waals surface area contributed by atoms with E-state index >= 15 is 0 Å². The molecule has 1 fully saturated rings. The number of hydrogen-bond donors (Lipinski definition) is 2.